The van der Waals surface area contributed by atoms with Gasteiger partial charge in [-0.25, -0.2) is 0 Å². The fraction of sp³-hybridized carbons (Fsp3) is 0.0877. The second-order valence-electron chi connectivity index (χ2n) is 17.2. The molecule has 0 amide bonds. The van der Waals surface area contributed by atoms with E-state index in [0.29, 0.717) is 0 Å². The third-order valence-electron chi connectivity index (χ3n) is 13.1. The molecule has 9 aromatic rings. The fourth-order valence-electron chi connectivity index (χ4n) is 10.1. The van der Waals surface area contributed by atoms with Gasteiger partial charge >= 0.3 is 0 Å². The van der Waals surface area contributed by atoms with E-state index in [2.05, 4.69) is 226 Å². The monoisotopic (exact) mass is 768 g/mol. The van der Waals surface area contributed by atoms with E-state index in [0.717, 1.165) is 18.7 Å². The highest BCUT2D eigenvalue weighted by atomic mass is 15.2. The van der Waals surface area contributed by atoms with Crippen LogP contribution in [0.5, 0.6) is 0 Å². The summed E-state index contributed by atoms with van der Waals surface area (Å²) < 4.78 is 0. The maximum absolute atomic E-state index is 3.95. The average Bonchev–Trinajstić information content (AvgIpc) is 3.28. The minimum Gasteiger partial charge on any atom is -0.355 e. The van der Waals surface area contributed by atoms with Crippen LogP contribution in [0.1, 0.15) is 36.1 Å². The summed E-state index contributed by atoms with van der Waals surface area (Å²) in [7, 11) is 0.828. The van der Waals surface area contributed by atoms with Crippen LogP contribution in [0.15, 0.2) is 188 Å². The summed E-state index contributed by atoms with van der Waals surface area (Å²) in [5.41, 5.74) is 23.5. The molecule has 2 heterocycles. The number of hydrogen-bond acceptors (Lipinski definition) is 2. The minimum absolute atomic E-state index is 0.179. The summed E-state index contributed by atoms with van der Waals surface area (Å²) in [4.78, 5) is 2.62. The lowest BCUT2D eigenvalue weighted by Crippen LogP contribution is -2.45. The molecule has 0 fully saturated rings. The summed E-state index contributed by atoms with van der Waals surface area (Å²) in [6, 6.07) is 69.5. The Morgan fingerprint density at radius 1 is 0.467 bits per heavy atom. The number of rotatable bonds is 6. The van der Waals surface area contributed by atoms with Crippen molar-refractivity contribution in [1.82, 2.24) is 0 Å². The van der Waals surface area contributed by atoms with Crippen molar-refractivity contribution in [3.63, 3.8) is 0 Å². The van der Waals surface area contributed by atoms with Crippen molar-refractivity contribution in [2.45, 2.75) is 33.1 Å². The van der Waals surface area contributed by atoms with Gasteiger partial charge < -0.3 is 10.2 Å². The van der Waals surface area contributed by atoms with E-state index in [9.17, 15) is 0 Å². The molecule has 0 aliphatic carbocycles. The van der Waals surface area contributed by atoms with E-state index >= 15 is 0 Å². The first-order chi connectivity index (χ1) is 29.3. The van der Waals surface area contributed by atoms with Gasteiger partial charge in [0, 0.05) is 33.7 Å². The van der Waals surface area contributed by atoms with Gasteiger partial charge in [0.15, 0.2) is 7.28 Å². The van der Waals surface area contributed by atoms with Gasteiger partial charge in [-0.15, -0.1) is 0 Å². The predicted molar refractivity (Wildman–Crippen MR) is 258 cm³/mol. The summed E-state index contributed by atoms with van der Waals surface area (Å²) in [6.07, 6.45) is 0. The Balaban J connectivity index is 1.20. The molecule has 0 saturated carbocycles. The number of aryl methyl sites for hydroxylation is 2. The van der Waals surface area contributed by atoms with E-state index in [-0.39, 0.29) is 5.41 Å². The van der Waals surface area contributed by atoms with Crippen LogP contribution >= 0.6 is 0 Å². The van der Waals surface area contributed by atoms with Gasteiger partial charge in [0.05, 0.1) is 5.69 Å². The largest absolute Gasteiger partial charge is 0.355 e. The molecule has 0 aromatic heterocycles. The van der Waals surface area contributed by atoms with Crippen molar-refractivity contribution in [1.29, 1.82) is 0 Å². The highest BCUT2D eigenvalue weighted by Gasteiger charge is 2.41. The predicted octanol–water partition coefficient (Wildman–Crippen LogP) is 13.7. The SMILES string of the molecule is Cc1cccc(C)c1-c1cc(-c2cc(-c3ccccc3)ccc2Nc2cccc(-c3ccccc3)c2)c2c(c1)N1c3cc4ccccc4cc3C(C)(C)c3cccc(c31)B2. The van der Waals surface area contributed by atoms with Gasteiger partial charge in [-0.3, -0.25) is 0 Å². The molecule has 2 nitrogen and oxygen atoms in total. The zero-order chi connectivity index (χ0) is 40.5. The van der Waals surface area contributed by atoms with Crippen LogP contribution in [0.3, 0.4) is 0 Å². The van der Waals surface area contributed by atoms with Crippen LogP contribution in [-0.2, 0) is 5.41 Å². The van der Waals surface area contributed by atoms with Crippen molar-refractivity contribution in [2.24, 2.45) is 0 Å². The second-order valence-corrected chi connectivity index (χ2v) is 17.2. The molecule has 0 bridgehead atoms. The maximum Gasteiger partial charge on any atom is 0.198 e. The number of nitrogens with zero attached hydrogens (tertiary/aromatic N) is 1. The standard InChI is InChI=1S/C57H45BN2/c1-36-16-13-17-37(2)54(36)44-32-47(46-31-43(39-20-9-6-10-21-39)28-29-51(46)59-45-25-14-24-40(30-45)38-18-7-5-8-19-38)55-53(35-44)60-52-34-42-23-12-11-22-41(42)33-49(52)57(3,4)48-26-15-27-50(58-55)56(48)60/h5-35,58-59H,1-4H3. The van der Waals surface area contributed by atoms with Crippen LogP contribution in [0, 0.1) is 13.8 Å². The van der Waals surface area contributed by atoms with E-state index in [4.69, 9.17) is 0 Å². The van der Waals surface area contributed by atoms with Crippen molar-refractivity contribution in [3.8, 4) is 44.5 Å². The summed E-state index contributed by atoms with van der Waals surface area (Å²) >= 11 is 0. The van der Waals surface area contributed by atoms with Gasteiger partial charge in [0.25, 0.3) is 0 Å². The second kappa shape index (κ2) is 14.0. The highest BCUT2D eigenvalue weighted by molar-refractivity contribution is 6.73. The van der Waals surface area contributed by atoms with Gasteiger partial charge in [0.1, 0.15) is 0 Å². The average molecular weight is 769 g/mol. The van der Waals surface area contributed by atoms with Crippen LogP contribution in [-0.4, -0.2) is 7.28 Å². The smallest absolute Gasteiger partial charge is 0.198 e. The molecule has 9 aromatic carbocycles. The maximum atomic E-state index is 3.95. The van der Waals surface area contributed by atoms with E-state index in [1.807, 2.05) is 0 Å². The topological polar surface area (TPSA) is 15.3 Å². The minimum atomic E-state index is -0.179. The lowest BCUT2D eigenvalue weighted by atomic mass is 9.55. The Morgan fingerprint density at radius 2 is 1.08 bits per heavy atom. The van der Waals surface area contributed by atoms with Crippen LogP contribution < -0.4 is 21.1 Å². The quantitative estimate of drug-likeness (QED) is 0.170. The zero-order valence-electron chi connectivity index (χ0n) is 34.6. The molecular weight excluding hydrogens is 723 g/mol. The summed E-state index contributed by atoms with van der Waals surface area (Å²) in [6.45, 7) is 9.31. The van der Waals surface area contributed by atoms with Crippen molar-refractivity contribution in [2.75, 3.05) is 10.2 Å². The molecule has 1 N–H and O–H groups in total. The highest BCUT2D eigenvalue weighted by Crippen LogP contribution is 2.54. The van der Waals surface area contributed by atoms with Crippen LogP contribution in [0.4, 0.5) is 28.4 Å². The molecule has 0 radical (unpaired) electrons. The summed E-state index contributed by atoms with van der Waals surface area (Å²) in [5, 5.41) is 6.48. The van der Waals surface area contributed by atoms with Crippen LogP contribution in [0.2, 0.25) is 0 Å². The molecule has 3 heteroatoms. The zero-order valence-corrected chi connectivity index (χ0v) is 34.6. The van der Waals surface area contributed by atoms with E-state index in [1.165, 1.54) is 106 Å². The number of para-hydroxylation sites is 1. The normalized spacial score (nSPS) is 13.2. The third-order valence-corrected chi connectivity index (χ3v) is 13.1. The Morgan fingerprint density at radius 3 is 1.82 bits per heavy atom. The summed E-state index contributed by atoms with van der Waals surface area (Å²) in [5.74, 6) is 0. The Labute approximate surface area is 354 Å². The fourth-order valence-corrected chi connectivity index (χ4v) is 10.1. The molecule has 2 aliphatic rings. The lowest BCUT2D eigenvalue weighted by molar-refractivity contribution is 0.633. The molecule has 286 valence electrons. The Kier molecular flexibility index (Phi) is 8.42. The third kappa shape index (κ3) is 5.87. The first kappa shape index (κ1) is 36.0. The van der Waals surface area contributed by atoms with E-state index in [1.54, 1.807) is 0 Å². The molecular formula is C57H45BN2. The molecule has 11 rings (SSSR count). The van der Waals surface area contributed by atoms with Crippen LogP contribution in [0.25, 0.3) is 55.3 Å². The van der Waals surface area contributed by atoms with Gasteiger partial charge in [-0.05, 0) is 140 Å². The van der Waals surface area contributed by atoms with Crippen molar-refractivity contribution >= 4 is 57.4 Å². The molecule has 0 unspecified atom stereocenters. The first-order valence-corrected chi connectivity index (χ1v) is 21.1. The van der Waals surface area contributed by atoms with Gasteiger partial charge in [-0.2, -0.15) is 0 Å². The molecule has 0 spiro atoms. The van der Waals surface area contributed by atoms with Gasteiger partial charge in [0.2, 0.25) is 0 Å². The number of benzene rings is 9. The molecule has 0 saturated heterocycles. The molecule has 2 aliphatic heterocycles. The molecule has 0 atom stereocenters. The van der Waals surface area contributed by atoms with Crippen molar-refractivity contribution in [3.05, 3.63) is 210 Å². The molecule has 60 heavy (non-hydrogen) atoms. The van der Waals surface area contributed by atoms with E-state index < -0.39 is 0 Å². The first-order valence-electron chi connectivity index (χ1n) is 21.1. The van der Waals surface area contributed by atoms with Gasteiger partial charge in [-0.1, -0.05) is 159 Å². The number of anilines is 5. The Bertz CT molecular complexity index is 3130. The lowest BCUT2D eigenvalue weighted by Gasteiger charge is -2.46. The number of fused-ring (bicyclic) bond motifs is 5. The number of hydrogen-bond donors (Lipinski definition) is 1. The number of nitrogens with one attached hydrogen (secondary N) is 1. The Hall–Kier alpha value is -7.10. The van der Waals surface area contributed by atoms with Crippen molar-refractivity contribution < 1.29 is 0 Å².